The van der Waals surface area contributed by atoms with Crippen molar-refractivity contribution in [1.82, 2.24) is 19.8 Å². The molecule has 12 heteroatoms. The van der Waals surface area contributed by atoms with E-state index in [0.29, 0.717) is 27.1 Å². The fourth-order valence-electron chi connectivity index (χ4n) is 3.83. The summed E-state index contributed by atoms with van der Waals surface area (Å²) in [6.07, 6.45) is -4.65. The Bertz CT molecular complexity index is 1610. The van der Waals surface area contributed by atoms with E-state index in [1.54, 1.807) is 31.2 Å². The number of hydrogen-bond donors (Lipinski definition) is 0. The van der Waals surface area contributed by atoms with Gasteiger partial charge in [0.1, 0.15) is 0 Å². The molecule has 0 saturated heterocycles. The quantitative estimate of drug-likeness (QED) is 0.250. The highest BCUT2D eigenvalue weighted by atomic mass is 127. The average Bonchev–Trinajstić information content (AvgIpc) is 3.35. The molecule has 0 amide bonds. The van der Waals surface area contributed by atoms with Crippen molar-refractivity contribution < 1.29 is 22.7 Å². The second kappa shape index (κ2) is 9.00. The molecule has 5 rings (SSSR count). The molecule has 0 N–H and O–H groups in total. The zero-order chi connectivity index (χ0) is 25.6. The topological polar surface area (TPSA) is 91.4 Å². The van der Waals surface area contributed by atoms with Gasteiger partial charge in [-0.2, -0.15) is 22.5 Å². The molecule has 1 aliphatic rings. The number of aliphatic imine (C=N–C) groups is 1. The van der Waals surface area contributed by atoms with Crippen LogP contribution in [0.1, 0.15) is 32.6 Å². The smallest absolute Gasteiger partial charge is 0.403 e. The number of para-hydroxylation sites is 1. The van der Waals surface area contributed by atoms with Crippen LogP contribution in [0.4, 0.5) is 18.9 Å². The summed E-state index contributed by atoms with van der Waals surface area (Å²) in [5.41, 5.74) is 0.845. The Morgan fingerprint density at radius 2 is 1.81 bits per heavy atom. The summed E-state index contributed by atoms with van der Waals surface area (Å²) in [6, 6.07) is 15.2. The Hall–Kier alpha value is -3.81. The minimum atomic E-state index is -4.65. The Morgan fingerprint density at radius 3 is 2.56 bits per heavy atom. The molecule has 182 valence electrons. The van der Waals surface area contributed by atoms with Crippen LogP contribution in [0.3, 0.4) is 0 Å². The Kier molecular flexibility index (Phi) is 5.98. The van der Waals surface area contributed by atoms with E-state index in [0.717, 1.165) is 25.9 Å². The molecule has 4 aromatic rings. The summed E-state index contributed by atoms with van der Waals surface area (Å²) in [6.45, 7) is 1.79. The van der Waals surface area contributed by atoms with E-state index < -0.39 is 29.1 Å². The van der Waals surface area contributed by atoms with Crippen molar-refractivity contribution in [3.63, 3.8) is 0 Å². The lowest BCUT2D eigenvalue weighted by Gasteiger charge is -2.10. The van der Waals surface area contributed by atoms with E-state index >= 15 is 0 Å². The van der Waals surface area contributed by atoms with Gasteiger partial charge < -0.3 is 4.74 Å². The highest BCUT2D eigenvalue weighted by molar-refractivity contribution is 14.1. The minimum absolute atomic E-state index is 0.0132. The first kappa shape index (κ1) is 23.9. The lowest BCUT2D eigenvalue weighted by Crippen LogP contribution is -2.26. The number of fused-ring (bicyclic) bond motifs is 1. The monoisotopic (exact) mass is 605 g/mol. The lowest BCUT2D eigenvalue weighted by molar-refractivity contribution is -0.137. The van der Waals surface area contributed by atoms with Crippen LogP contribution in [0.25, 0.3) is 5.69 Å². The molecular formula is C24H15F3IN5O3. The molecule has 1 aliphatic heterocycles. The zero-order valence-corrected chi connectivity index (χ0v) is 20.6. The van der Waals surface area contributed by atoms with Crippen molar-refractivity contribution in [3.8, 4) is 5.69 Å². The molecule has 0 spiro atoms. The van der Waals surface area contributed by atoms with Gasteiger partial charge in [-0.3, -0.25) is 0 Å². The number of ether oxygens (including phenoxy) is 1. The summed E-state index contributed by atoms with van der Waals surface area (Å²) in [7, 11) is 0. The average molecular weight is 605 g/mol. The van der Waals surface area contributed by atoms with Gasteiger partial charge in [0.15, 0.2) is 0 Å². The third-order valence-corrected chi connectivity index (χ3v) is 6.43. The number of alkyl halides is 3. The summed E-state index contributed by atoms with van der Waals surface area (Å²) < 4.78 is 47.8. The highest BCUT2D eigenvalue weighted by Gasteiger charge is 2.34. The van der Waals surface area contributed by atoms with Crippen molar-refractivity contribution >= 4 is 40.1 Å². The number of rotatable bonds is 4. The summed E-state index contributed by atoms with van der Waals surface area (Å²) in [4.78, 5) is 29.5. The maximum absolute atomic E-state index is 13.4. The van der Waals surface area contributed by atoms with Crippen molar-refractivity contribution in [2.24, 2.45) is 4.99 Å². The van der Waals surface area contributed by atoms with Gasteiger partial charge in [0.05, 0.1) is 34.6 Å². The normalized spacial score (nSPS) is 14.2. The number of carbonyl (C=O) groups excluding carboxylic acids is 1. The number of tetrazole rings is 1. The van der Waals surface area contributed by atoms with Crippen molar-refractivity contribution in [3.05, 3.63) is 103 Å². The Labute approximate surface area is 215 Å². The number of aromatic nitrogens is 4. The van der Waals surface area contributed by atoms with Gasteiger partial charge in [-0.25, -0.2) is 14.6 Å². The molecule has 3 aromatic carbocycles. The van der Waals surface area contributed by atoms with Crippen molar-refractivity contribution in [2.75, 3.05) is 0 Å². The molecule has 0 atom stereocenters. The molecule has 0 fully saturated rings. The van der Waals surface area contributed by atoms with Crippen LogP contribution in [-0.2, 0) is 17.5 Å². The molecule has 0 bridgehead atoms. The van der Waals surface area contributed by atoms with Gasteiger partial charge in [-0.05, 0) is 81.4 Å². The van der Waals surface area contributed by atoms with Crippen LogP contribution in [-0.4, -0.2) is 31.7 Å². The van der Waals surface area contributed by atoms with Crippen LogP contribution in [0.15, 0.2) is 70.5 Å². The summed E-state index contributed by atoms with van der Waals surface area (Å²) in [5, 5.41) is 7.40. The first-order valence-electron chi connectivity index (χ1n) is 10.5. The van der Waals surface area contributed by atoms with Gasteiger partial charge in [0.25, 0.3) is 0 Å². The summed E-state index contributed by atoms with van der Waals surface area (Å²) >= 11 is 2.07. The predicted octanol–water partition coefficient (Wildman–Crippen LogP) is 4.66. The molecule has 0 unspecified atom stereocenters. The summed E-state index contributed by atoms with van der Waals surface area (Å²) in [5.74, 6) is -0.260. The van der Waals surface area contributed by atoms with Gasteiger partial charge in [-0.15, -0.1) is 0 Å². The SMILES string of the molecule is Cc1cc(Cn2nnn(-c3ccccc3C(F)(F)F)c2=O)ccc1/N=C1\OC(=O)c2c(I)cccc21. The maximum atomic E-state index is 13.4. The van der Waals surface area contributed by atoms with Crippen LogP contribution in [0.2, 0.25) is 0 Å². The Morgan fingerprint density at radius 1 is 1.03 bits per heavy atom. The molecule has 0 aliphatic carbocycles. The number of carbonyl (C=O) groups is 1. The molecule has 0 radical (unpaired) electrons. The molecule has 1 aromatic heterocycles. The number of benzene rings is 3. The largest absolute Gasteiger partial charge is 0.418 e. The second-order valence-corrected chi connectivity index (χ2v) is 9.10. The van der Waals surface area contributed by atoms with Crippen LogP contribution < -0.4 is 5.69 Å². The first-order valence-corrected chi connectivity index (χ1v) is 11.6. The van der Waals surface area contributed by atoms with Crippen LogP contribution in [0, 0.1) is 10.5 Å². The first-order chi connectivity index (χ1) is 17.1. The Balaban J connectivity index is 1.43. The number of hydrogen-bond acceptors (Lipinski definition) is 6. The number of cyclic esters (lactones) is 1. The molecular weight excluding hydrogens is 590 g/mol. The third kappa shape index (κ3) is 4.32. The molecule has 36 heavy (non-hydrogen) atoms. The highest BCUT2D eigenvalue weighted by Crippen LogP contribution is 2.33. The number of aryl methyl sites for hydroxylation is 1. The zero-order valence-electron chi connectivity index (χ0n) is 18.5. The van der Waals surface area contributed by atoms with Gasteiger partial charge in [0, 0.05) is 3.57 Å². The molecule has 0 saturated carbocycles. The van der Waals surface area contributed by atoms with Gasteiger partial charge in [-0.1, -0.05) is 30.3 Å². The minimum Gasteiger partial charge on any atom is -0.403 e. The predicted molar refractivity (Wildman–Crippen MR) is 132 cm³/mol. The van der Waals surface area contributed by atoms with E-state index in [4.69, 9.17) is 4.74 Å². The van der Waals surface area contributed by atoms with E-state index in [-0.39, 0.29) is 12.4 Å². The number of halogens is 4. The maximum Gasteiger partial charge on any atom is 0.418 e. The molecule has 8 nitrogen and oxygen atoms in total. The molecule has 2 heterocycles. The fourth-order valence-corrected chi connectivity index (χ4v) is 4.55. The van der Waals surface area contributed by atoms with E-state index in [2.05, 4.69) is 38.0 Å². The lowest BCUT2D eigenvalue weighted by atomic mass is 10.1. The van der Waals surface area contributed by atoms with Crippen LogP contribution >= 0.6 is 22.6 Å². The van der Waals surface area contributed by atoms with E-state index in [9.17, 15) is 22.8 Å². The van der Waals surface area contributed by atoms with Crippen LogP contribution in [0.5, 0.6) is 0 Å². The standard InChI is InChI=1S/C24H15F3IN5O3/c1-13-11-14(9-10-18(13)29-21-15-5-4-7-17(28)20(15)22(34)36-21)12-32-23(35)33(31-30-32)19-8-3-2-6-16(19)24(25,26)27/h2-11H,12H2,1H3/b29-21-. The van der Waals surface area contributed by atoms with E-state index in [1.807, 2.05) is 12.1 Å². The number of nitrogens with zero attached hydrogens (tertiary/aromatic N) is 5. The fraction of sp³-hybridized carbons (Fsp3) is 0.125. The van der Waals surface area contributed by atoms with Gasteiger partial charge in [0.2, 0.25) is 5.90 Å². The number of esters is 1. The second-order valence-electron chi connectivity index (χ2n) is 7.94. The van der Waals surface area contributed by atoms with Crippen molar-refractivity contribution in [2.45, 2.75) is 19.6 Å². The van der Waals surface area contributed by atoms with E-state index in [1.165, 1.54) is 12.1 Å². The van der Waals surface area contributed by atoms with Gasteiger partial charge >= 0.3 is 17.8 Å². The van der Waals surface area contributed by atoms with Crippen molar-refractivity contribution in [1.29, 1.82) is 0 Å². The third-order valence-electron chi connectivity index (χ3n) is 5.53.